The third-order valence-electron chi connectivity index (χ3n) is 6.79. The summed E-state index contributed by atoms with van der Waals surface area (Å²) in [5.74, 6) is 0.409. The summed E-state index contributed by atoms with van der Waals surface area (Å²) in [7, 11) is 1.57. The highest BCUT2D eigenvalue weighted by Gasteiger charge is 2.54. The fraction of sp³-hybridized carbons (Fsp3) is 0.444. The molecule has 4 rings (SSSR count). The van der Waals surface area contributed by atoms with Crippen molar-refractivity contribution in [1.29, 1.82) is 0 Å². The molecule has 2 heterocycles. The van der Waals surface area contributed by atoms with Gasteiger partial charge in [0.25, 0.3) is 5.91 Å². The lowest BCUT2D eigenvalue weighted by atomic mass is 9.84. The monoisotopic (exact) mass is 478 g/mol. The number of hydrogen-bond donors (Lipinski definition) is 1. The first-order valence-electron chi connectivity index (χ1n) is 12.0. The first kappa shape index (κ1) is 24.6. The Balaban J connectivity index is 1.53. The first-order chi connectivity index (χ1) is 16.6. The van der Waals surface area contributed by atoms with Crippen LogP contribution in [0.15, 0.2) is 54.6 Å². The van der Waals surface area contributed by atoms with E-state index in [1.54, 1.807) is 36.3 Å². The van der Waals surface area contributed by atoms with E-state index < -0.39 is 11.0 Å². The molecule has 3 amide bonds. The zero-order chi connectivity index (χ0) is 25.2. The van der Waals surface area contributed by atoms with Crippen molar-refractivity contribution in [1.82, 2.24) is 9.80 Å². The lowest BCUT2D eigenvalue weighted by Gasteiger charge is -2.44. The third kappa shape index (κ3) is 4.97. The molecule has 2 aliphatic rings. The average molecular weight is 479 g/mol. The zero-order valence-electron chi connectivity index (χ0n) is 20.9. The highest BCUT2D eigenvalue weighted by Crippen LogP contribution is 2.40. The Hall–Kier alpha value is -3.55. The summed E-state index contributed by atoms with van der Waals surface area (Å²) in [6, 6.07) is 16.9. The minimum absolute atomic E-state index is 0.0498. The van der Waals surface area contributed by atoms with Crippen molar-refractivity contribution in [2.24, 2.45) is 5.41 Å². The van der Waals surface area contributed by atoms with Gasteiger partial charge < -0.3 is 24.8 Å². The Morgan fingerprint density at radius 2 is 1.71 bits per heavy atom. The molecule has 8 nitrogen and oxygen atoms in total. The van der Waals surface area contributed by atoms with Gasteiger partial charge in [-0.15, -0.1) is 0 Å². The van der Waals surface area contributed by atoms with Gasteiger partial charge in [-0.3, -0.25) is 14.4 Å². The number of likely N-dealkylation sites (tertiary alicyclic amines) is 1. The summed E-state index contributed by atoms with van der Waals surface area (Å²) in [4.78, 5) is 45.1. The molecule has 2 aliphatic heterocycles. The van der Waals surface area contributed by atoms with Gasteiger partial charge in [0.1, 0.15) is 17.8 Å². The maximum atomic E-state index is 13.8. The summed E-state index contributed by atoms with van der Waals surface area (Å²) < 4.78 is 5.22. The number of piperidine rings is 1. The largest absolute Gasteiger partial charge is 0.497 e. The van der Waals surface area contributed by atoms with E-state index >= 15 is 0 Å². The number of hydrogen-bond acceptors (Lipinski definition) is 5. The molecule has 1 N–H and O–H groups in total. The van der Waals surface area contributed by atoms with Gasteiger partial charge in [0.15, 0.2) is 0 Å². The lowest BCUT2D eigenvalue weighted by molar-refractivity contribution is -0.144. The van der Waals surface area contributed by atoms with Crippen LogP contribution in [0.3, 0.4) is 0 Å². The molecule has 0 aromatic heterocycles. The molecule has 2 aromatic carbocycles. The maximum Gasteiger partial charge on any atom is 0.250 e. The first-order valence-corrected chi connectivity index (χ1v) is 12.0. The Labute approximate surface area is 206 Å². The standard InChI is InChI=1S/C27H34N4O4/c1-26(2,3)24(33)29-15-13-27(14-16-29)25(34)30(19-31(27)21-10-6-5-7-11-21)18-23(32)28-20-9-8-12-22(17-20)35-4/h5-12,17H,13-16,18-19H2,1-4H3,(H,28,32). The molecule has 2 fully saturated rings. The second-order valence-electron chi connectivity index (χ2n) is 10.3. The van der Waals surface area contributed by atoms with Crippen molar-refractivity contribution in [2.45, 2.75) is 39.2 Å². The molecule has 186 valence electrons. The Morgan fingerprint density at radius 1 is 1.03 bits per heavy atom. The SMILES string of the molecule is COc1cccc(NC(=O)CN2CN(c3ccccc3)C3(CCN(C(=O)C(C)(C)C)CC3)C2=O)c1. The van der Waals surface area contributed by atoms with Gasteiger partial charge in [-0.25, -0.2) is 0 Å². The van der Waals surface area contributed by atoms with Crippen LogP contribution in [0.1, 0.15) is 33.6 Å². The van der Waals surface area contributed by atoms with E-state index in [1.807, 2.05) is 56.0 Å². The van der Waals surface area contributed by atoms with E-state index in [4.69, 9.17) is 4.74 Å². The average Bonchev–Trinajstić information content (AvgIpc) is 3.10. The topological polar surface area (TPSA) is 82.2 Å². The van der Waals surface area contributed by atoms with Gasteiger partial charge in [-0.05, 0) is 37.1 Å². The van der Waals surface area contributed by atoms with Gasteiger partial charge in [0, 0.05) is 35.9 Å². The number of benzene rings is 2. The second kappa shape index (κ2) is 9.60. The van der Waals surface area contributed by atoms with Crippen LogP contribution in [-0.2, 0) is 14.4 Å². The smallest absolute Gasteiger partial charge is 0.250 e. The van der Waals surface area contributed by atoms with Gasteiger partial charge >= 0.3 is 0 Å². The fourth-order valence-corrected chi connectivity index (χ4v) is 4.95. The predicted octanol–water partition coefficient (Wildman–Crippen LogP) is 3.35. The second-order valence-corrected chi connectivity index (χ2v) is 10.3. The summed E-state index contributed by atoms with van der Waals surface area (Å²) in [6.07, 6.45) is 1.05. The lowest BCUT2D eigenvalue weighted by Crippen LogP contribution is -2.58. The van der Waals surface area contributed by atoms with E-state index in [1.165, 1.54) is 0 Å². The Kier molecular flexibility index (Phi) is 6.74. The van der Waals surface area contributed by atoms with Crippen LogP contribution >= 0.6 is 0 Å². The van der Waals surface area contributed by atoms with Crippen LogP contribution in [0, 0.1) is 5.41 Å². The van der Waals surface area contributed by atoms with Crippen LogP contribution in [0.5, 0.6) is 5.75 Å². The van der Waals surface area contributed by atoms with Crippen LogP contribution < -0.4 is 15.0 Å². The molecule has 0 radical (unpaired) electrons. The van der Waals surface area contributed by atoms with Crippen LogP contribution in [0.2, 0.25) is 0 Å². The van der Waals surface area contributed by atoms with E-state index in [2.05, 4.69) is 10.2 Å². The Morgan fingerprint density at radius 3 is 2.34 bits per heavy atom. The van der Waals surface area contributed by atoms with Gasteiger partial charge in [-0.1, -0.05) is 45.0 Å². The normalized spacial score (nSPS) is 17.6. The van der Waals surface area contributed by atoms with Crippen molar-refractivity contribution in [2.75, 3.05) is 43.6 Å². The number of carbonyl (C=O) groups excluding carboxylic acids is 3. The maximum absolute atomic E-state index is 13.8. The van der Waals surface area contributed by atoms with E-state index in [9.17, 15) is 14.4 Å². The molecular weight excluding hydrogens is 444 g/mol. The van der Waals surface area contributed by atoms with Gasteiger partial charge in [-0.2, -0.15) is 0 Å². The number of amides is 3. The molecule has 35 heavy (non-hydrogen) atoms. The molecule has 2 saturated heterocycles. The van der Waals surface area contributed by atoms with E-state index in [0.717, 1.165) is 5.69 Å². The molecule has 0 atom stereocenters. The van der Waals surface area contributed by atoms with Crippen molar-refractivity contribution >= 4 is 29.1 Å². The van der Waals surface area contributed by atoms with Gasteiger partial charge in [0.05, 0.1) is 13.8 Å². The number of para-hydroxylation sites is 1. The summed E-state index contributed by atoms with van der Waals surface area (Å²) in [5, 5.41) is 2.86. The molecule has 0 unspecified atom stereocenters. The Bertz CT molecular complexity index is 1090. The minimum Gasteiger partial charge on any atom is -0.497 e. The highest BCUT2D eigenvalue weighted by molar-refractivity contribution is 5.99. The van der Waals surface area contributed by atoms with Crippen molar-refractivity contribution in [3.8, 4) is 5.75 Å². The van der Waals surface area contributed by atoms with Crippen LogP contribution in [0.4, 0.5) is 11.4 Å². The zero-order valence-corrected chi connectivity index (χ0v) is 20.9. The molecular formula is C27H34N4O4. The molecule has 0 saturated carbocycles. The quantitative estimate of drug-likeness (QED) is 0.713. The molecule has 1 spiro atoms. The van der Waals surface area contributed by atoms with E-state index in [0.29, 0.717) is 44.0 Å². The summed E-state index contributed by atoms with van der Waals surface area (Å²) in [5.41, 5.74) is 0.316. The highest BCUT2D eigenvalue weighted by atomic mass is 16.5. The molecule has 0 aliphatic carbocycles. The van der Waals surface area contributed by atoms with Crippen molar-refractivity contribution in [3.63, 3.8) is 0 Å². The molecule has 8 heteroatoms. The summed E-state index contributed by atoms with van der Waals surface area (Å²) >= 11 is 0. The minimum atomic E-state index is -0.772. The van der Waals surface area contributed by atoms with Crippen molar-refractivity contribution in [3.05, 3.63) is 54.6 Å². The predicted molar refractivity (Wildman–Crippen MR) is 135 cm³/mol. The number of carbonyl (C=O) groups is 3. The van der Waals surface area contributed by atoms with Crippen molar-refractivity contribution < 1.29 is 19.1 Å². The number of methoxy groups -OCH3 is 1. The molecule has 2 aromatic rings. The van der Waals surface area contributed by atoms with E-state index in [-0.39, 0.29) is 24.3 Å². The summed E-state index contributed by atoms with van der Waals surface area (Å²) in [6.45, 7) is 7.04. The fourth-order valence-electron chi connectivity index (χ4n) is 4.95. The number of rotatable bonds is 5. The molecule has 0 bridgehead atoms. The number of nitrogens with zero attached hydrogens (tertiary/aromatic N) is 3. The van der Waals surface area contributed by atoms with Gasteiger partial charge in [0.2, 0.25) is 11.8 Å². The number of anilines is 2. The number of nitrogens with one attached hydrogen (secondary N) is 1. The third-order valence-corrected chi connectivity index (χ3v) is 6.79. The number of ether oxygens (including phenoxy) is 1. The van der Waals surface area contributed by atoms with Crippen LogP contribution in [-0.4, -0.2) is 66.5 Å². The van der Waals surface area contributed by atoms with Crippen LogP contribution in [0.25, 0.3) is 0 Å².